The van der Waals surface area contributed by atoms with E-state index >= 15 is 0 Å². The van der Waals surface area contributed by atoms with Gasteiger partial charge >= 0.3 is 0 Å². The topological polar surface area (TPSA) is 58.6 Å². The summed E-state index contributed by atoms with van der Waals surface area (Å²) < 4.78 is 19.1. The molecule has 0 aliphatic carbocycles. The molecular weight excluding hydrogens is 431 g/mol. The van der Waals surface area contributed by atoms with Crippen molar-refractivity contribution in [1.82, 2.24) is 4.90 Å². The summed E-state index contributed by atoms with van der Waals surface area (Å²) in [5.74, 6) is -0.0321. The van der Waals surface area contributed by atoms with E-state index < -0.39 is 6.10 Å². The van der Waals surface area contributed by atoms with Gasteiger partial charge in [-0.3, -0.25) is 9.59 Å². The minimum Gasteiger partial charge on any atom is -0.481 e. The van der Waals surface area contributed by atoms with Crippen LogP contribution >= 0.6 is 0 Å². The second-order valence-electron chi connectivity index (χ2n) is 8.62. The Labute approximate surface area is 199 Å². The lowest BCUT2D eigenvalue weighted by Crippen LogP contribution is -2.40. The van der Waals surface area contributed by atoms with Gasteiger partial charge in [-0.05, 0) is 73.4 Å². The molecule has 5 nitrogen and oxygen atoms in total. The van der Waals surface area contributed by atoms with Crippen LogP contribution in [0.2, 0.25) is 0 Å². The Morgan fingerprint density at radius 1 is 1.09 bits per heavy atom. The van der Waals surface area contributed by atoms with Gasteiger partial charge in [-0.1, -0.05) is 42.8 Å². The zero-order valence-corrected chi connectivity index (χ0v) is 19.7. The predicted molar refractivity (Wildman–Crippen MR) is 130 cm³/mol. The first-order valence-electron chi connectivity index (χ1n) is 11.6. The van der Waals surface area contributed by atoms with E-state index in [9.17, 15) is 14.0 Å². The molecule has 1 N–H and O–H groups in total. The number of nitrogens with zero attached hydrogens (tertiary/aromatic N) is 1. The number of aryl methyl sites for hydroxylation is 1. The molecule has 0 fully saturated rings. The van der Waals surface area contributed by atoms with Crippen molar-refractivity contribution in [2.75, 3.05) is 11.9 Å². The Morgan fingerprint density at radius 3 is 2.47 bits per heavy atom. The fourth-order valence-electron chi connectivity index (χ4n) is 4.28. The maximum Gasteiger partial charge on any atom is 0.265 e. The van der Waals surface area contributed by atoms with Crippen LogP contribution in [0.1, 0.15) is 48.6 Å². The minimum atomic E-state index is -0.766. The number of halogens is 1. The first kappa shape index (κ1) is 23.5. The van der Waals surface area contributed by atoms with Crippen LogP contribution in [0.4, 0.5) is 10.1 Å². The second kappa shape index (κ2) is 10.1. The smallest absolute Gasteiger partial charge is 0.265 e. The number of nitrogens with one attached hydrogen (secondary N) is 1. The van der Waals surface area contributed by atoms with Gasteiger partial charge in [-0.2, -0.15) is 0 Å². The van der Waals surface area contributed by atoms with E-state index in [4.69, 9.17) is 4.74 Å². The average molecular weight is 461 g/mol. The molecule has 0 spiro atoms. The average Bonchev–Trinajstić information content (AvgIpc) is 2.84. The first-order chi connectivity index (χ1) is 16.4. The summed E-state index contributed by atoms with van der Waals surface area (Å²) in [6.07, 6.45) is 0.441. The Hall–Kier alpha value is -3.67. The van der Waals surface area contributed by atoms with Crippen LogP contribution in [-0.4, -0.2) is 29.4 Å². The Kier molecular flexibility index (Phi) is 6.96. The predicted octanol–water partition coefficient (Wildman–Crippen LogP) is 5.42. The number of fused-ring (bicyclic) bond motifs is 1. The van der Waals surface area contributed by atoms with E-state index in [0.717, 1.165) is 23.1 Å². The van der Waals surface area contributed by atoms with Gasteiger partial charge in [0.15, 0.2) is 6.10 Å². The summed E-state index contributed by atoms with van der Waals surface area (Å²) in [7, 11) is 0. The molecule has 3 aromatic rings. The number of hydrogen-bond acceptors (Lipinski definition) is 3. The van der Waals surface area contributed by atoms with Crippen molar-refractivity contribution in [3.63, 3.8) is 0 Å². The molecule has 176 valence electrons. The van der Waals surface area contributed by atoms with Gasteiger partial charge in [-0.15, -0.1) is 0 Å². The molecule has 0 unspecified atom stereocenters. The molecule has 6 heteroatoms. The van der Waals surface area contributed by atoms with E-state index in [-0.39, 0.29) is 23.7 Å². The van der Waals surface area contributed by atoms with E-state index in [2.05, 4.69) is 29.6 Å². The SMILES string of the molecule is CCC(=O)N1CCc2ccc(O[C@H](C)C(=O)Nc3ccc(F)cc3)cc2[C@@H]1c1ccc(C)cc1. The van der Waals surface area contributed by atoms with Crippen LogP contribution in [0.3, 0.4) is 0 Å². The van der Waals surface area contributed by atoms with Crippen molar-refractivity contribution in [2.24, 2.45) is 0 Å². The Balaban J connectivity index is 1.59. The molecule has 1 aliphatic heterocycles. The lowest BCUT2D eigenvalue weighted by molar-refractivity contribution is -0.133. The quantitative estimate of drug-likeness (QED) is 0.534. The number of rotatable bonds is 6. The van der Waals surface area contributed by atoms with Crippen molar-refractivity contribution in [1.29, 1.82) is 0 Å². The van der Waals surface area contributed by atoms with Gasteiger partial charge < -0.3 is 15.0 Å². The van der Waals surface area contributed by atoms with Crippen LogP contribution in [-0.2, 0) is 16.0 Å². The van der Waals surface area contributed by atoms with Gasteiger partial charge in [0.05, 0.1) is 6.04 Å². The lowest BCUT2D eigenvalue weighted by atomic mass is 9.87. The molecule has 0 saturated heterocycles. The number of carbonyl (C=O) groups excluding carboxylic acids is 2. The third-order valence-corrected chi connectivity index (χ3v) is 6.16. The second-order valence-corrected chi connectivity index (χ2v) is 8.62. The normalized spacial score (nSPS) is 15.9. The molecule has 4 rings (SSSR count). The highest BCUT2D eigenvalue weighted by Gasteiger charge is 2.32. The Bertz CT molecular complexity index is 1180. The van der Waals surface area contributed by atoms with Crippen molar-refractivity contribution >= 4 is 17.5 Å². The van der Waals surface area contributed by atoms with E-state index in [1.807, 2.05) is 36.9 Å². The van der Waals surface area contributed by atoms with E-state index in [1.165, 1.54) is 29.8 Å². The number of benzene rings is 3. The maximum absolute atomic E-state index is 13.1. The van der Waals surface area contributed by atoms with Gasteiger partial charge in [0.1, 0.15) is 11.6 Å². The number of ether oxygens (including phenoxy) is 1. The molecule has 0 bridgehead atoms. The van der Waals surface area contributed by atoms with Crippen LogP contribution < -0.4 is 10.1 Å². The van der Waals surface area contributed by atoms with Crippen molar-refractivity contribution in [3.05, 3.63) is 94.8 Å². The van der Waals surface area contributed by atoms with E-state index in [0.29, 0.717) is 24.4 Å². The molecule has 1 heterocycles. The van der Waals surface area contributed by atoms with Crippen molar-refractivity contribution in [3.8, 4) is 5.75 Å². The number of carbonyl (C=O) groups is 2. The van der Waals surface area contributed by atoms with Crippen LogP contribution in [0, 0.1) is 12.7 Å². The first-order valence-corrected chi connectivity index (χ1v) is 11.6. The fraction of sp³-hybridized carbons (Fsp3) is 0.286. The highest BCUT2D eigenvalue weighted by atomic mass is 19.1. The summed E-state index contributed by atoms with van der Waals surface area (Å²) >= 11 is 0. The minimum absolute atomic E-state index is 0.106. The molecule has 3 aromatic carbocycles. The molecule has 2 atom stereocenters. The highest BCUT2D eigenvalue weighted by molar-refractivity contribution is 5.94. The fourth-order valence-corrected chi connectivity index (χ4v) is 4.28. The maximum atomic E-state index is 13.1. The van der Waals surface area contributed by atoms with Gasteiger partial charge in [0.2, 0.25) is 5.91 Å². The largest absolute Gasteiger partial charge is 0.481 e. The van der Waals surface area contributed by atoms with E-state index in [1.54, 1.807) is 6.92 Å². The van der Waals surface area contributed by atoms with Gasteiger partial charge in [0, 0.05) is 18.7 Å². The van der Waals surface area contributed by atoms with Crippen molar-refractivity contribution < 1.29 is 18.7 Å². The molecular formula is C28H29FN2O3. The van der Waals surface area contributed by atoms with Crippen LogP contribution in [0.15, 0.2) is 66.7 Å². The van der Waals surface area contributed by atoms with Gasteiger partial charge in [-0.25, -0.2) is 4.39 Å². The molecule has 2 amide bonds. The summed E-state index contributed by atoms with van der Waals surface area (Å²) in [5.41, 5.74) is 4.89. The molecule has 34 heavy (non-hydrogen) atoms. The Morgan fingerprint density at radius 2 is 1.79 bits per heavy atom. The number of amides is 2. The van der Waals surface area contributed by atoms with Crippen LogP contribution in [0.5, 0.6) is 5.75 Å². The zero-order chi connectivity index (χ0) is 24.2. The molecule has 0 radical (unpaired) electrons. The van der Waals surface area contributed by atoms with Gasteiger partial charge in [0.25, 0.3) is 5.91 Å². The molecule has 0 aromatic heterocycles. The standard InChI is InChI=1S/C28H29FN2O3/c1-4-26(32)31-16-15-20-9-14-24(17-25(20)27(31)21-7-5-18(2)6-8-21)34-19(3)28(33)30-23-12-10-22(29)11-13-23/h5-14,17,19,27H,4,15-16H2,1-3H3,(H,30,33)/t19-,27+/m1/s1. The highest BCUT2D eigenvalue weighted by Crippen LogP contribution is 2.37. The summed E-state index contributed by atoms with van der Waals surface area (Å²) in [6.45, 7) is 6.25. The number of hydrogen-bond donors (Lipinski definition) is 1. The molecule has 1 aliphatic rings. The third-order valence-electron chi connectivity index (χ3n) is 6.16. The number of anilines is 1. The summed E-state index contributed by atoms with van der Waals surface area (Å²) in [4.78, 5) is 27.3. The van der Waals surface area contributed by atoms with Crippen LogP contribution in [0.25, 0.3) is 0 Å². The molecule has 0 saturated carbocycles. The summed E-state index contributed by atoms with van der Waals surface area (Å²) in [6, 6.07) is 19.5. The zero-order valence-electron chi connectivity index (χ0n) is 19.7. The van der Waals surface area contributed by atoms with Crippen molar-refractivity contribution in [2.45, 2.75) is 45.8 Å². The lowest BCUT2D eigenvalue weighted by Gasteiger charge is -2.38. The third kappa shape index (κ3) is 5.11. The summed E-state index contributed by atoms with van der Waals surface area (Å²) in [5, 5.41) is 2.74. The monoisotopic (exact) mass is 460 g/mol.